The van der Waals surface area contributed by atoms with Crippen LogP contribution in [-0.2, 0) is 16.4 Å². The van der Waals surface area contributed by atoms with Crippen LogP contribution in [0.2, 0.25) is 0 Å². The molecule has 1 atom stereocenters. The van der Waals surface area contributed by atoms with E-state index in [0.717, 1.165) is 5.56 Å². The Balaban J connectivity index is 2.00. The van der Waals surface area contributed by atoms with Gasteiger partial charge in [0.25, 0.3) is 0 Å². The van der Waals surface area contributed by atoms with Crippen LogP contribution in [-0.4, -0.2) is 50.6 Å². The molecule has 1 aliphatic rings. The van der Waals surface area contributed by atoms with Crippen molar-refractivity contribution in [3.63, 3.8) is 0 Å². The largest absolute Gasteiger partial charge is 0.481 e. The lowest BCUT2D eigenvalue weighted by Gasteiger charge is -2.15. The van der Waals surface area contributed by atoms with Crippen LogP contribution in [0.1, 0.15) is 18.9 Å². The summed E-state index contributed by atoms with van der Waals surface area (Å²) in [5.74, 6) is 1.58. The molecule has 1 aromatic heterocycles. The molecule has 2 heterocycles. The number of aromatic nitrogens is 1. The van der Waals surface area contributed by atoms with Gasteiger partial charge in [0, 0.05) is 24.8 Å². The highest BCUT2D eigenvalue weighted by Crippen LogP contribution is 2.12. The number of ether oxygens (including phenoxy) is 1. The van der Waals surface area contributed by atoms with Crippen molar-refractivity contribution in [3.05, 3.63) is 23.9 Å². The third-order valence-corrected chi connectivity index (χ3v) is 5.11. The third kappa shape index (κ3) is 4.87. The average Bonchev–Trinajstić information content (AvgIpc) is 2.84. The number of pyridine rings is 1. The number of nitrogens with zero attached hydrogens (tertiary/aromatic N) is 2. The van der Waals surface area contributed by atoms with Gasteiger partial charge >= 0.3 is 0 Å². The predicted molar refractivity (Wildman–Crippen MR) is 85.8 cm³/mol. The number of sulfone groups is 1. The highest BCUT2D eigenvalue weighted by molar-refractivity contribution is 7.91. The zero-order chi connectivity index (χ0) is 16.0. The molecule has 1 aromatic rings. The molecule has 0 spiro atoms. The normalized spacial score (nSPS) is 20.6. The van der Waals surface area contributed by atoms with Crippen LogP contribution in [0, 0.1) is 0 Å². The number of nitrogens with one attached hydrogen (secondary N) is 2. The quantitative estimate of drug-likeness (QED) is 0.598. The minimum Gasteiger partial charge on any atom is -0.481 e. The van der Waals surface area contributed by atoms with Gasteiger partial charge in [-0.2, -0.15) is 0 Å². The molecular formula is C14H22N4O3S. The van der Waals surface area contributed by atoms with Gasteiger partial charge in [0.1, 0.15) is 0 Å². The molecule has 0 aromatic carbocycles. The van der Waals surface area contributed by atoms with E-state index in [1.807, 2.05) is 19.1 Å². The lowest BCUT2D eigenvalue weighted by atomic mass is 10.2. The fraction of sp³-hybridized carbons (Fsp3) is 0.571. The van der Waals surface area contributed by atoms with E-state index in [1.165, 1.54) is 0 Å². The highest BCUT2D eigenvalue weighted by atomic mass is 32.2. The minimum absolute atomic E-state index is 0.0743. The zero-order valence-corrected chi connectivity index (χ0v) is 13.7. The van der Waals surface area contributed by atoms with Gasteiger partial charge in [-0.1, -0.05) is 0 Å². The standard InChI is InChI=1S/C14H22N4O3S/c1-3-15-14(18-12-5-7-22(19,20)10-12)17-9-11-4-6-16-13(8-11)21-2/h4,6,8,12H,3,5,7,9-10H2,1-2H3,(H2,15,17,18). The summed E-state index contributed by atoms with van der Waals surface area (Å²) < 4.78 is 28.1. The summed E-state index contributed by atoms with van der Waals surface area (Å²) in [7, 11) is -1.33. The summed E-state index contributed by atoms with van der Waals surface area (Å²) in [6, 6.07) is 3.62. The van der Waals surface area contributed by atoms with Gasteiger partial charge in [-0.25, -0.2) is 18.4 Å². The Labute approximate surface area is 131 Å². The fourth-order valence-electron chi connectivity index (χ4n) is 2.25. The summed E-state index contributed by atoms with van der Waals surface area (Å²) in [6.45, 7) is 3.15. The van der Waals surface area contributed by atoms with E-state index in [1.54, 1.807) is 13.3 Å². The second-order valence-corrected chi connectivity index (χ2v) is 7.37. The molecule has 0 amide bonds. The van der Waals surface area contributed by atoms with Gasteiger partial charge < -0.3 is 15.4 Å². The van der Waals surface area contributed by atoms with Gasteiger partial charge in [-0.3, -0.25) is 0 Å². The lowest BCUT2D eigenvalue weighted by molar-refractivity contribution is 0.397. The minimum atomic E-state index is -2.90. The maximum Gasteiger partial charge on any atom is 0.213 e. The number of hydrogen-bond acceptors (Lipinski definition) is 5. The van der Waals surface area contributed by atoms with Crippen molar-refractivity contribution in [2.75, 3.05) is 25.2 Å². The molecule has 22 heavy (non-hydrogen) atoms. The molecule has 1 fully saturated rings. The summed E-state index contributed by atoms with van der Waals surface area (Å²) >= 11 is 0. The van der Waals surface area contributed by atoms with E-state index in [-0.39, 0.29) is 17.5 Å². The number of guanidine groups is 1. The first-order valence-corrected chi connectivity index (χ1v) is 9.08. The summed E-state index contributed by atoms with van der Waals surface area (Å²) in [6.07, 6.45) is 2.30. The van der Waals surface area contributed by atoms with Crippen LogP contribution in [0.4, 0.5) is 0 Å². The van der Waals surface area contributed by atoms with Crippen molar-refractivity contribution in [3.8, 4) is 5.88 Å². The van der Waals surface area contributed by atoms with Crippen LogP contribution in [0.15, 0.2) is 23.3 Å². The molecular weight excluding hydrogens is 304 g/mol. The molecule has 2 N–H and O–H groups in total. The van der Waals surface area contributed by atoms with Crippen molar-refractivity contribution in [1.82, 2.24) is 15.6 Å². The van der Waals surface area contributed by atoms with Crippen LogP contribution in [0.5, 0.6) is 5.88 Å². The van der Waals surface area contributed by atoms with Crippen molar-refractivity contribution < 1.29 is 13.2 Å². The molecule has 0 radical (unpaired) electrons. The molecule has 122 valence electrons. The summed E-state index contributed by atoms with van der Waals surface area (Å²) in [5.41, 5.74) is 0.975. The summed E-state index contributed by atoms with van der Waals surface area (Å²) in [5, 5.41) is 6.32. The number of hydrogen-bond donors (Lipinski definition) is 2. The Hall–Kier alpha value is -1.83. The highest BCUT2D eigenvalue weighted by Gasteiger charge is 2.28. The Kier molecular flexibility index (Phi) is 5.59. The van der Waals surface area contributed by atoms with Crippen molar-refractivity contribution >= 4 is 15.8 Å². The Morgan fingerprint density at radius 2 is 2.36 bits per heavy atom. The third-order valence-electron chi connectivity index (χ3n) is 3.35. The van der Waals surface area contributed by atoms with Gasteiger partial charge in [0.05, 0.1) is 25.2 Å². The predicted octanol–water partition coefficient (Wildman–Crippen LogP) is 0.332. The number of rotatable bonds is 5. The summed E-state index contributed by atoms with van der Waals surface area (Å²) in [4.78, 5) is 8.54. The van der Waals surface area contributed by atoms with E-state index >= 15 is 0 Å². The van der Waals surface area contributed by atoms with E-state index in [9.17, 15) is 8.42 Å². The molecule has 2 rings (SSSR count). The van der Waals surface area contributed by atoms with Gasteiger partial charge in [-0.05, 0) is 25.0 Å². The van der Waals surface area contributed by atoms with E-state index in [4.69, 9.17) is 4.74 Å². The number of methoxy groups -OCH3 is 1. The number of aliphatic imine (C=N–C) groups is 1. The molecule has 0 aliphatic carbocycles. The van der Waals surface area contributed by atoms with Crippen molar-refractivity contribution in [2.45, 2.75) is 25.9 Å². The fourth-order valence-corrected chi connectivity index (χ4v) is 3.93. The average molecular weight is 326 g/mol. The van der Waals surface area contributed by atoms with E-state index in [0.29, 0.717) is 31.3 Å². The van der Waals surface area contributed by atoms with Gasteiger partial charge in [-0.15, -0.1) is 0 Å². The topological polar surface area (TPSA) is 92.7 Å². The first kappa shape index (κ1) is 16.5. The molecule has 8 heteroatoms. The van der Waals surface area contributed by atoms with Crippen LogP contribution >= 0.6 is 0 Å². The van der Waals surface area contributed by atoms with Crippen molar-refractivity contribution in [1.29, 1.82) is 0 Å². The second-order valence-electron chi connectivity index (χ2n) is 5.15. The Morgan fingerprint density at radius 3 is 3.00 bits per heavy atom. The molecule has 7 nitrogen and oxygen atoms in total. The van der Waals surface area contributed by atoms with Crippen molar-refractivity contribution in [2.24, 2.45) is 4.99 Å². The zero-order valence-electron chi connectivity index (χ0n) is 12.9. The maximum atomic E-state index is 11.5. The van der Waals surface area contributed by atoms with Crippen LogP contribution < -0.4 is 15.4 Å². The second kappa shape index (κ2) is 7.44. The molecule has 0 bridgehead atoms. The molecule has 0 saturated carbocycles. The molecule has 1 saturated heterocycles. The van der Waals surface area contributed by atoms with E-state index in [2.05, 4.69) is 20.6 Å². The van der Waals surface area contributed by atoms with Gasteiger partial charge in [0.15, 0.2) is 15.8 Å². The Bertz CT molecular complexity index is 631. The monoisotopic (exact) mass is 326 g/mol. The SMILES string of the molecule is CCNC(=NCc1ccnc(OC)c1)NC1CCS(=O)(=O)C1. The smallest absolute Gasteiger partial charge is 0.213 e. The lowest BCUT2D eigenvalue weighted by Crippen LogP contribution is -2.44. The van der Waals surface area contributed by atoms with Crippen LogP contribution in [0.25, 0.3) is 0 Å². The van der Waals surface area contributed by atoms with Crippen LogP contribution in [0.3, 0.4) is 0 Å². The first-order chi connectivity index (χ1) is 10.5. The van der Waals surface area contributed by atoms with E-state index < -0.39 is 9.84 Å². The molecule has 1 aliphatic heterocycles. The maximum absolute atomic E-state index is 11.5. The van der Waals surface area contributed by atoms with Gasteiger partial charge in [0.2, 0.25) is 5.88 Å². The Morgan fingerprint density at radius 1 is 1.55 bits per heavy atom. The molecule has 1 unspecified atom stereocenters. The first-order valence-electron chi connectivity index (χ1n) is 7.26.